The van der Waals surface area contributed by atoms with Crippen molar-refractivity contribution in [2.24, 2.45) is 5.73 Å². The number of nitrogen functional groups attached to an aromatic ring is 1. The Morgan fingerprint density at radius 2 is 2.50 bits per heavy atom. The average Bonchev–Trinajstić information content (AvgIpc) is 2.13. The first kappa shape index (κ1) is 6.81. The second kappa shape index (κ2) is 2.53. The van der Waals surface area contributed by atoms with Gasteiger partial charge in [-0.3, -0.25) is 0 Å². The van der Waals surface area contributed by atoms with Crippen LogP contribution in [0.25, 0.3) is 0 Å². The van der Waals surface area contributed by atoms with Crippen LogP contribution < -0.4 is 16.8 Å². The van der Waals surface area contributed by atoms with E-state index in [4.69, 9.17) is 11.5 Å². The second-order valence-corrected chi connectivity index (χ2v) is 2.34. The molecule has 6 heteroatoms. The summed E-state index contributed by atoms with van der Waals surface area (Å²) in [5.41, 5.74) is 10.00. The molecule has 1 heterocycles. The zero-order valence-electron chi connectivity index (χ0n) is 4.94. The van der Waals surface area contributed by atoms with E-state index in [1.54, 1.807) is 5.38 Å². The first-order chi connectivity index (χ1) is 4.68. The van der Waals surface area contributed by atoms with E-state index in [2.05, 4.69) is 10.3 Å². The monoisotopic (exact) mass is 157 g/mol. The molecule has 0 saturated carbocycles. The molecule has 0 saturated heterocycles. The largest absolute Gasteiger partial charge is 0.383 e. The Morgan fingerprint density at radius 1 is 1.80 bits per heavy atom. The van der Waals surface area contributed by atoms with E-state index < -0.39 is 6.03 Å². The van der Waals surface area contributed by atoms with Crippen LogP contribution in [0.15, 0.2) is 5.38 Å². The lowest BCUT2D eigenvalue weighted by molar-refractivity contribution is 0.252. The fraction of sp³-hybridized carbons (Fsp3) is 0. The Labute approximate surface area is 61.0 Å². The Kier molecular flexibility index (Phi) is 1.72. The minimum atomic E-state index is -0.755. The number of hydrogen-bond donors (Lipinski definition) is 2. The highest BCUT2D eigenvalue weighted by atomic mass is 32.1. The van der Waals surface area contributed by atoms with Crippen LogP contribution in [-0.2, 0) is 0 Å². The highest BCUT2D eigenvalue weighted by Crippen LogP contribution is 2.15. The maximum atomic E-state index is 10.2. The van der Waals surface area contributed by atoms with Crippen molar-refractivity contribution in [3.05, 3.63) is 5.38 Å². The lowest BCUT2D eigenvalue weighted by atomic mass is 10.8. The molecule has 4 N–H and O–H groups in total. The van der Waals surface area contributed by atoms with E-state index in [9.17, 15) is 4.79 Å². The minimum Gasteiger partial charge on any atom is -0.383 e. The molecule has 0 fully saturated rings. The number of urea groups is 1. The summed E-state index contributed by atoms with van der Waals surface area (Å²) in [5.74, 6) is 0.352. The van der Waals surface area contributed by atoms with Gasteiger partial charge < -0.3 is 11.5 Å². The van der Waals surface area contributed by atoms with Gasteiger partial charge in [-0.1, -0.05) is 0 Å². The molecule has 1 radical (unpaired) electrons. The standard InChI is InChI=1S/C4H5N4OS/c5-2-1-10-4(7-2)8-3(6)9/h1H,5H2,(H2,6,9). The van der Waals surface area contributed by atoms with Gasteiger partial charge in [0.2, 0.25) is 5.13 Å². The Bertz CT molecular complexity index is 245. The summed E-state index contributed by atoms with van der Waals surface area (Å²) >= 11 is 1.17. The molecular weight excluding hydrogens is 152 g/mol. The third-order valence-corrected chi connectivity index (χ3v) is 1.47. The zero-order valence-corrected chi connectivity index (χ0v) is 5.76. The van der Waals surface area contributed by atoms with Gasteiger partial charge in [0.25, 0.3) is 0 Å². The molecule has 1 aromatic heterocycles. The fourth-order valence-corrected chi connectivity index (χ4v) is 1.00. The molecule has 0 aliphatic carbocycles. The number of rotatable bonds is 1. The van der Waals surface area contributed by atoms with E-state index in [0.29, 0.717) is 10.9 Å². The normalized spacial score (nSPS) is 9.20. The summed E-state index contributed by atoms with van der Waals surface area (Å²) in [6.07, 6.45) is 0. The molecule has 0 bridgehead atoms. The summed E-state index contributed by atoms with van der Waals surface area (Å²) in [7, 11) is 0. The van der Waals surface area contributed by atoms with Crippen molar-refractivity contribution in [2.45, 2.75) is 0 Å². The van der Waals surface area contributed by atoms with Crippen LogP contribution in [0.1, 0.15) is 0 Å². The first-order valence-corrected chi connectivity index (χ1v) is 3.28. The van der Waals surface area contributed by atoms with Gasteiger partial charge in [0.15, 0.2) is 0 Å². The van der Waals surface area contributed by atoms with E-state index >= 15 is 0 Å². The van der Waals surface area contributed by atoms with Crippen molar-refractivity contribution in [3.8, 4) is 0 Å². The van der Waals surface area contributed by atoms with E-state index in [1.165, 1.54) is 11.3 Å². The molecule has 0 atom stereocenters. The number of amides is 2. The number of carbonyl (C=O) groups excluding carboxylic acids is 1. The second-order valence-electron chi connectivity index (χ2n) is 1.50. The maximum absolute atomic E-state index is 10.2. The Hall–Kier alpha value is -1.30. The molecule has 0 aliphatic rings. The quantitative estimate of drug-likeness (QED) is 0.602. The van der Waals surface area contributed by atoms with Gasteiger partial charge in [-0.05, 0) is 0 Å². The van der Waals surface area contributed by atoms with E-state index in [-0.39, 0.29) is 0 Å². The number of primary amides is 1. The third kappa shape index (κ3) is 1.59. The molecule has 53 valence electrons. The van der Waals surface area contributed by atoms with E-state index in [1.807, 2.05) is 0 Å². The molecule has 1 rings (SSSR count). The summed E-state index contributed by atoms with van der Waals surface area (Å²) in [6, 6.07) is -0.755. The predicted molar refractivity (Wildman–Crippen MR) is 37.9 cm³/mol. The molecule has 0 aromatic carbocycles. The SMILES string of the molecule is NC(=O)[N]c1nc(N)cs1. The van der Waals surface area contributed by atoms with Gasteiger partial charge in [0, 0.05) is 5.38 Å². The number of anilines is 1. The summed E-state index contributed by atoms with van der Waals surface area (Å²) in [4.78, 5) is 13.8. The van der Waals surface area contributed by atoms with Crippen LogP contribution in [0.4, 0.5) is 15.7 Å². The molecule has 0 aliphatic heterocycles. The number of hydrogen-bond acceptors (Lipinski definition) is 4. The summed E-state index contributed by atoms with van der Waals surface area (Å²) in [5, 5.41) is 5.23. The van der Waals surface area contributed by atoms with Crippen molar-refractivity contribution in [1.82, 2.24) is 10.3 Å². The Morgan fingerprint density at radius 3 is 2.90 bits per heavy atom. The average molecular weight is 157 g/mol. The molecule has 5 nitrogen and oxygen atoms in total. The van der Waals surface area contributed by atoms with Gasteiger partial charge in [-0.25, -0.2) is 9.78 Å². The number of carbonyl (C=O) groups is 1. The van der Waals surface area contributed by atoms with Crippen molar-refractivity contribution in [3.63, 3.8) is 0 Å². The topological polar surface area (TPSA) is 96.1 Å². The van der Waals surface area contributed by atoms with Crippen LogP contribution in [0, 0.1) is 0 Å². The highest BCUT2D eigenvalue weighted by molar-refractivity contribution is 7.13. The number of aromatic nitrogens is 1. The molecule has 2 amide bonds. The lowest BCUT2D eigenvalue weighted by Crippen LogP contribution is -2.18. The van der Waals surface area contributed by atoms with Crippen molar-refractivity contribution in [2.75, 3.05) is 5.73 Å². The predicted octanol–water partition coefficient (Wildman–Crippen LogP) is 0.0399. The smallest absolute Gasteiger partial charge is 0.341 e. The molecule has 0 spiro atoms. The summed E-state index contributed by atoms with van der Waals surface area (Å²) < 4.78 is 0. The van der Waals surface area contributed by atoms with Crippen LogP contribution in [0.2, 0.25) is 0 Å². The fourth-order valence-electron chi connectivity index (χ4n) is 0.422. The summed E-state index contributed by atoms with van der Waals surface area (Å²) in [6.45, 7) is 0. The van der Waals surface area contributed by atoms with Crippen LogP contribution >= 0.6 is 11.3 Å². The van der Waals surface area contributed by atoms with Crippen molar-refractivity contribution >= 4 is 28.3 Å². The number of nitrogens with zero attached hydrogens (tertiary/aromatic N) is 2. The molecule has 1 aromatic rings. The van der Waals surface area contributed by atoms with Crippen molar-refractivity contribution < 1.29 is 4.79 Å². The Balaban J connectivity index is 2.67. The third-order valence-electron chi connectivity index (χ3n) is 0.716. The van der Waals surface area contributed by atoms with Gasteiger partial charge >= 0.3 is 6.03 Å². The van der Waals surface area contributed by atoms with Gasteiger partial charge in [-0.2, -0.15) is 5.32 Å². The highest BCUT2D eigenvalue weighted by Gasteiger charge is 2.01. The number of nitrogens with two attached hydrogens (primary N) is 2. The molecular formula is C4H5N4OS. The maximum Gasteiger partial charge on any atom is 0.341 e. The lowest BCUT2D eigenvalue weighted by Gasteiger charge is -1.86. The van der Waals surface area contributed by atoms with Crippen LogP contribution in [0.5, 0.6) is 0 Å². The molecule has 0 unspecified atom stereocenters. The molecule has 10 heavy (non-hydrogen) atoms. The van der Waals surface area contributed by atoms with Gasteiger partial charge in [0.05, 0.1) is 0 Å². The minimum absolute atomic E-state index is 0.296. The van der Waals surface area contributed by atoms with Gasteiger partial charge in [-0.15, -0.1) is 11.3 Å². The van der Waals surface area contributed by atoms with Crippen molar-refractivity contribution in [1.29, 1.82) is 0 Å². The van der Waals surface area contributed by atoms with Gasteiger partial charge in [0.1, 0.15) is 5.82 Å². The van der Waals surface area contributed by atoms with Crippen LogP contribution in [-0.4, -0.2) is 11.0 Å². The van der Waals surface area contributed by atoms with E-state index in [0.717, 1.165) is 0 Å². The number of thiazole rings is 1. The zero-order chi connectivity index (χ0) is 7.56. The first-order valence-electron chi connectivity index (χ1n) is 2.40. The van der Waals surface area contributed by atoms with Crippen LogP contribution in [0.3, 0.4) is 0 Å².